The Hall–Kier alpha value is -13.1. The van der Waals surface area contributed by atoms with Crippen molar-refractivity contribution in [3.05, 3.63) is 173 Å². The zero-order chi connectivity index (χ0) is 97.9. The van der Waals surface area contributed by atoms with Crippen molar-refractivity contribution in [1.82, 2.24) is 77.3 Å². The van der Waals surface area contributed by atoms with Crippen molar-refractivity contribution in [3.63, 3.8) is 0 Å². The third-order valence-corrected chi connectivity index (χ3v) is 25.3. The van der Waals surface area contributed by atoms with Gasteiger partial charge in [0.25, 0.3) is 6.47 Å². The Morgan fingerprint density at radius 3 is 1.73 bits per heavy atom. The number of phenolic OH excluding ortho intramolecular Hbond substituents is 1. The number of phenols is 1. The maximum atomic E-state index is 15.7. The van der Waals surface area contributed by atoms with Gasteiger partial charge in [-0.1, -0.05) is 138 Å². The maximum Gasteiger partial charge on any atom is 0.303 e. The van der Waals surface area contributed by atoms with Crippen LogP contribution < -0.4 is 53.6 Å². The summed E-state index contributed by atoms with van der Waals surface area (Å²) >= 11 is 1.74. The highest BCUT2D eigenvalue weighted by Crippen LogP contribution is 2.29. The number of para-hydroxylation sites is 1. The number of hydrogen-bond acceptors (Lipinski definition) is 22. The number of fused-ring (bicyclic) bond motifs is 3. The molecule has 0 unspecified atom stereocenters. The normalized spacial score (nSPS) is 24.0. The lowest BCUT2D eigenvalue weighted by Gasteiger charge is -2.38. The van der Waals surface area contributed by atoms with E-state index in [1.807, 2.05) is 0 Å². The number of rotatable bonds is 25. The van der Waals surface area contributed by atoms with Crippen LogP contribution in [0.1, 0.15) is 107 Å². The van der Waals surface area contributed by atoms with Gasteiger partial charge in [-0.25, -0.2) is 13.2 Å². The number of aliphatic carboxylic acids is 1. The number of benzene rings is 5. The molecule has 3 saturated heterocycles. The lowest BCUT2D eigenvalue weighted by molar-refractivity contribution is -0.152. The first-order valence-corrected chi connectivity index (χ1v) is 46.1. The van der Waals surface area contributed by atoms with E-state index in [-0.39, 0.29) is 74.4 Å². The molecule has 3 aliphatic heterocycles. The van der Waals surface area contributed by atoms with E-state index in [2.05, 4.69) is 52.8 Å². The standard InChI is InChI=1S/C92H115F3N16O21S2/c1-9-10-25-70-91(130)110-43-58(114)40-72(110)86(125)104-68(44-132-49-112)84(123)106-79(51(4)5)92(131)108(7)71(37-52-19-13-11-14-20-52)85(124)100-63(30-31-77(117)118)89(128)111-48-134-46-74(111)87(126)103-66(39-56-41-97-62-24-18-17-23-59(56)62)83(122)102-65(35-54-26-28-57(113)29-27-54)82(121)101-64(32-50(2)3)81(120)105-69(80(119)98-42-75(96)115)45-133-47-76(116)99-67(36-55-33-60(93)78(95)61(94)34-55)88(127)109(8)73(90(129)107(70)6)38-53-21-15-12-16-22-53/h11-24,26-29,33-34,41,49-51,58,63-74,79,97,113-114H,9-10,25,30-32,35-40,42-48H2,1-8H3,(H2,96,115)(H,98,119)(H,99,116)(H,100,124)(H,101,121)(H,102,122)(H,103,126)(H,104,125)(H,105,120)(H,106,123)(H,117,118)/t58-,63+,64+,65+,66+,67+,68+,69+,70+,71+,72-,73+,74-,79+/m1/s1. The number of carboxylic acids is 1. The number of likely N-dealkylation sites (N-methyl/N-ethyl adjacent to an activating group) is 3. The van der Waals surface area contributed by atoms with Crippen LogP contribution in [0.25, 0.3) is 10.9 Å². The molecule has 134 heavy (non-hydrogen) atoms. The predicted molar refractivity (Wildman–Crippen MR) is 486 cm³/mol. The van der Waals surface area contributed by atoms with Gasteiger partial charge in [-0.2, -0.15) is 0 Å². The molecule has 15 amide bonds. The molecule has 37 nitrogen and oxygen atoms in total. The van der Waals surface area contributed by atoms with Gasteiger partial charge in [-0.3, -0.25) is 81.5 Å². The minimum Gasteiger partial charge on any atom is -0.508 e. The zero-order valence-corrected chi connectivity index (χ0v) is 77.0. The number of aliphatic hydroxyl groups excluding tert-OH is 1. The molecule has 42 heteroatoms. The number of carboxylic acid groups (broad SMARTS) is 1. The molecule has 0 aliphatic carbocycles. The van der Waals surface area contributed by atoms with Crippen molar-refractivity contribution >= 4 is 135 Å². The third kappa shape index (κ3) is 28.9. The van der Waals surface area contributed by atoms with Gasteiger partial charge in [0, 0.05) is 101 Å². The van der Waals surface area contributed by atoms with E-state index in [1.165, 1.54) is 59.3 Å². The summed E-state index contributed by atoms with van der Waals surface area (Å²) in [6.45, 7) is 5.95. The van der Waals surface area contributed by atoms with E-state index in [0.29, 0.717) is 63.5 Å². The Balaban J connectivity index is 1.14. The first kappa shape index (κ1) is 105. The predicted octanol–water partition coefficient (Wildman–Crippen LogP) is 1.31. The molecule has 3 fully saturated rings. The monoisotopic (exact) mass is 1900 g/mol. The van der Waals surface area contributed by atoms with E-state index < -0.39 is 265 Å². The molecule has 1 aromatic heterocycles. The number of aromatic amines is 1. The number of amides is 15. The third-order valence-electron chi connectivity index (χ3n) is 23.3. The number of unbranched alkanes of at least 4 members (excludes halogenated alkanes) is 1. The molecule has 0 bridgehead atoms. The van der Waals surface area contributed by atoms with Crippen LogP contribution in [-0.4, -0.2) is 294 Å². The largest absolute Gasteiger partial charge is 0.508 e. The van der Waals surface area contributed by atoms with Crippen LogP contribution in [0, 0.1) is 29.3 Å². The van der Waals surface area contributed by atoms with Gasteiger partial charge in [-0.05, 0) is 89.2 Å². The molecule has 0 saturated carbocycles. The Labute approximate surface area is 780 Å². The highest BCUT2D eigenvalue weighted by Gasteiger charge is 2.48. The zero-order valence-electron chi connectivity index (χ0n) is 75.3. The second-order valence-electron chi connectivity index (χ2n) is 34.1. The minimum atomic E-state index is -1.90. The number of primary amides is 1. The summed E-state index contributed by atoms with van der Waals surface area (Å²) in [5.74, 6) is -25.0. The van der Waals surface area contributed by atoms with E-state index in [1.54, 1.807) is 112 Å². The van der Waals surface area contributed by atoms with E-state index in [4.69, 9.17) is 10.5 Å². The summed E-state index contributed by atoms with van der Waals surface area (Å²) in [5, 5.41) is 55.9. The van der Waals surface area contributed by atoms with Crippen molar-refractivity contribution in [2.75, 3.05) is 64.0 Å². The molecule has 6 aromatic rings. The molecule has 3 aliphatic rings. The Bertz CT molecular complexity index is 5200. The fraction of sp³-hybridized carbons (Fsp3) is 0.467. The molecule has 4 heterocycles. The summed E-state index contributed by atoms with van der Waals surface area (Å²) in [6, 6.07) is 8.29. The van der Waals surface area contributed by atoms with Crippen molar-refractivity contribution < 1.29 is 115 Å². The number of ether oxygens (including phenoxy) is 1. The minimum absolute atomic E-state index is 0.0386. The summed E-state index contributed by atoms with van der Waals surface area (Å²) in [4.78, 5) is 257. The Morgan fingerprint density at radius 2 is 1.11 bits per heavy atom. The number of thioether (sulfide) groups is 2. The number of halogens is 3. The second-order valence-corrected chi connectivity index (χ2v) is 36.1. The summed E-state index contributed by atoms with van der Waals surface area (Å²) in [7, 11) is 3.64. The molecular formula is C92H115F3N16O21S2. The Morgan fingerprint density at radius 1 is 0.560 bits per heavy atom. The van der Waals surface area contributed by atoms with Crippen LogP contribution in [-0.2, 0) is 118 Å². The van der Waals surface area contributed by atoms with Gasteiger partial charge in [0.1, 0.15) is 90.9 Å². The first-order valence-electron chi connectivity index (χ1n) is 43.8. The van der Waals surface area contributed by atoms with Gasteiger partial charge in [0.05, 0.1) is 24.3 Å². The van der Waals surface area contributed by atoms with E-state index in [0.717, 1.165) is 36.3 Å². The topological polar surface area (TPSA) is 526 Å². The summed E-state index contributed by atoms with van der Waals surface area (Å²) < 4.78 is 50.2. The van der Waals surface area contributed by atoms with E-state index >= 15 is 56.7 Å². The van der Waals surface area contributed by atoms with Crippen LogP contribution in [0.4, 0.5) is 13.2 Å². The smallest absolute Gasteiger partial charge is 0.303 e. The quantitative estimate of drug-likeness (QED) is 0.0284. The molecule has 0 spiro atoms. The van der Waals surface area contributed by atoms with Gasteiger partial charge in [0.15, 0.2) is 17.5 Å². The summed E-state index contributed by atoms with van der Waals surface area (Å²) in [6.07, 6.45) is -3.36. The molecule has 15 N–H and O–H groups in total. The molecule has 0 radical (unpaired) electrons. The van der Waals surface area contributed by atoms with Crippen LogP contribution in [0.15, 0.2) is 128 Å². The SMILES string of the molecule is CCCC[C@H]1C(=O)N2C[C@H](O)C[C@@H]2C(=O)N[C@@H](COC=O)C(=O)N[C@@H](C(C)C)C(=O)N(C)[C@@H](Cc2ccccc2)C(=O)N[C@@H](CCC(=O)O)C(=O)N2CSC[C@@H]2C(=O)N[C@@H](Cc2c[nH]c3ccccc23)C(=O)N[C@@H](Cc2ccc(O)cc2)C(=O)N[C@@H](CC(C)C)C(=O)N[C@H](C(=O)NCC(N)=O)CSCC(=O)N[C@@H](Cc2cc(F)c(F)c(F)c2)C(=O)N(C)[C@@H](Cc2ccccc2)C(=O)N1C. The highest BCUT2D eigenvalue weighted by atomic mass is 32.2. The van der Waals surface area contributed by atoms with E-state index in [9.17, 15) is 53.3 Å². The van der Waals surface area contributed by atoms with Gasteiger partial charge >= 0.3 is 5.97 Å². The number of aliphatic hydroxyl groups is 1. The first-order chi connectivity index (χ1) is 63.7. The second kappa shape index (κ2) is 49.6. The number of carbonyl (C=O) groups is 17. The summed E-state index contributed by atoms with van der Waals surface area (Å²) in [5.41, 5.74) is 7.36. The number of aromatic nitrogens is 1. The van der Waals surface area contributed by atoms with Gasteiger partial charge in [-0.15, -0.1) is 23.5 Å². The number of H-pyrrole nitrogens is 1. The average Bonchev–Trinajstić information content (AvgIpc) is 1.63. The van der Waals surface area contributed by atoms with Crippen molar-refractivity contribution in [1.29, 1.82) is 0 Å². The van der Waals surface area contributed by atoms with Crippen LogP contribution in [0.2, 0.25) is 0 Å². The Kier molecular flexibility index (Phi) is 38.7. The molecule has 722 valence electrons. The number of hydrogen-bond donors (Lipinski definition) is 14. The lowest BCUT2D eigenvalue weighted by Crippen LogP contribution is -2.62. The number of nitrogens with one attached hydrogen (secondary N) is 10. The van der Waals surface area contributed by atoms with Crippen molar-refractivity contribution in [2.45, 2.75) is 196 Å². The fourth-order valence-electron chi connectivity index (χ4n) is 16.0. The molecule has 5 aromatic carbocycles. The van der Waals surface area contributed by atoms with Crippen molar-refractivity contribution in [3.8, 4) is 5.75 Å². The average molecular weight is 1900 g/mol. The van der Waals surface area contributed by atoms with Crippen LogP contribution in [0.5, 0.6) is 5.75 Å². The van der Waals surface area contributed by atoms with Crippen LogP contribution >= 0.6 is 23.5 Å². The van der Waals surface area contributed by atoms with Gasteiger partial charge in [0.2, 0.25) is 88.6 Å². The molecule has 14 atom stereocenters. The number of aromatic hydroxyl groups is 1. The number of carbonyl (C=O) groups excluding carboxylic acids is 16. The highest BCUT2D eigenvalue weighted by molar-refractivity contribution is 8.00. The lowest BCUT2D eigenvalue weighted by atomic mass is 9.98. The molecular weight excluding hydrogens is 1790 g/mol. The van der Waals surface area contributed by atoms with Crippen molar-refractivity contribution in [2.24, 2.45) is 17.6 Å². The maximum absolute atomic E-state index is 15.7. The number of nitrogens with zero attached hydrogens (tertiary/aromatic N) is 5. The number of nitrogens with two attached hydrogens (primary N) is 1. The molecule has 9 rings (SSSR count). The van der Waals surface area contributed by atoms with Gasteiger partial charge < -0.3 is 103 Å². The van der Waals surface area contributed by atoms with Crippen LogP contribution in [0.3, 0.4) is 0 Å². The fourth-order valence-corrected chi connectivity index (χ4v) is 18.0.